The molecular formula is C10H12O2. The topological polar surface area (TPSA) is 29.5 Å². The number of hydrogen-bond donors (Lipinski definition) is 1. The maximum absolute atomic E-state index is 8.52. The standard InChI is InChI=1S/C10H12O2/c1-12-10-6-4-9(5-7-10)3-2-8-11/h2-7,11H,8H2,1H3/b3-2+. The molecule has 1 aromatic rings. The van der Waals surface area contributed by atoms with Gasteiger partial charge >= 0.3 is 0 Å². The summed E-state index contributed by atoms with van der Waals surface area (Å²) in [5.41, 5.74) is 1.06. The van der Waals surface area contributed by atoms with E-state index in [1.807, 2.05) is 30.3 Å². The second-order valence-corrected chi connectivity index (χ2v) is 2.36. The molecule has 0 aromatic heterocycles. The SMILES string of the molecule is COc1ccc(/C=C/CO)cc1. The number of hydrogen-bond acceptors (Lipinski definition) is 2. The first-order chi connectivity index (χ1) is 5.86. The monoisotopic (exact) mass is 164 g/mol. The highest BCUT2D eigenvalue weighted by Gasteiger charge is 1.88. The Kier molecular flexibility index (Phi) is 3.35. The summed E-state index contributed by atoms with van der Waals surface area (Å²) < 4.78 is 5.00. The van der Waals surface area contributed by atoms with Crippen LogP contribution in [0, 0.1) is 0 Å². The van der Waals surface area contributed by atoms with Crippen LogP contribution in [0.3, 0.4) is 0 Å². The van der Waals surface area contributed by atoms with E-state index < -0.39 is 0 Å². The summed E-state index contributed by atoms with van der Waals surface area (Å²) in [6.45, 7) is 0.0754. The number of aliphatic hydroxyl groups excluding tert-OH is 1. The second-order valence-electron chi connectivity index (χ2n) is 2.36. The van der Waals surface area contributed by atoms with Crippen molar-refractivity contribution in [3.63, 3.8) is 0 Å². The molecule has 2 nitrogen and oxygen atoms in total. The number of methoxy groups -OCH3 is 1. The maximum atomic E-state index is 8.52. The summed E-state index contributed by atoms with van der Waals surface area (Å²) in [4.78, 5) is 0. The maximum Gasteiger partial charge on any atom is 0.118 e. The third-order valence-corrected chi connectivity index (χ3v) is 1.53. The Balaban J connectivity index is 2.71. The second kappa shape index (κ2) is 4.57. The molecular weight excluding hydrogens is 152 g/mol. The van der Waals surface area contributed by atoms with Crippen LogP contribution in [-0.2, 0) is 0 Å². The molecule has 0 unspecified atom stereocenters. The van der Waals surface area contributed by atoms with Crippen LogP contribution in [0.1, 0.15) is 5.56 Å². The molecule has 0 amide bonds. The van der Waals surface area contributed by atoms with E-state index in [1.165, 1.54) is 0 Å². The van der Waals surface area contributed by atoms with Crippen LogP contribution in [0.25, 0.3) is 6.08 Å². The van der Waals surface area contributed by atoms with Gasteiger partial charge in [0.05, 0.1) is 13.7 Å². The molecule has 0 heterocycles. The molecule has 0 bridgehead atoms. The molecule has 64 valence electrons. The molecule has 0 aliphatic rings. The van der Waals surface area contributed by atoms with Crippen LogP contribution in [0.2, 0.25) is 0 Å². The zero-order valence-corrected chi connectivity index (χ0v) is 7.03. The first kappa shape index (κ1) is 8.81. The van der Waals surface area contributed by atoms with Gasteiger partial charge in [0.1, 0.15) is 5.75 Å². The van der Waals surface area contributed by atoms with E-state index in [2.05, 4.69) is 0 Å². The van der Waals surface area contributed by atoms with Gasteiger partial charge < -0.3 is 9.84 Å². The van der Waals surface area contributed by atoms with Crippen molar-refractivity contribution >= 4 is 6.08 Å². The van der Waals surface area contributed by atoms with Gasteiger partial charge in [0.2, 0.25) is 0 Å². The van der Waals surface area contributed by atoms with Gasteiger partial charge in [0, 0.05) is 0 Å². The van der Waals surface area contributed by atoms with Crippen LogP contribution in [-0.4, -0.2) is 18.8 Å². The van der Waals surface area contributed by atoms with Crippen molar-refractivity contribution in [1.29, 1.82) is 0 Å². The zero-order valence-electron chi connectivity index (χ0n) is 7.03. The lowest BCUT2D eigenvalue weighted by Crippen LogP contribution is -1.81. The lowest BCUT2D eigenvalue weighted by Gasteiger charge is -1.98. The van der Waals surface area contributed by atoms with Gasteiger partial charge in [0.25, 0.3) is 0 Å². The fourth-order valence-electron chi connectivity index (χ4n) is 0.904. The molecule has 1 rings (SSSR count). The predicted octanol–water partition coefficient (Wildman–Crippen LogP) is 1.70. The molecule has 0 spiro atoms. The Morgan fingerprint density at radius 3 is 2.50 bits per heavy atom. The molecule has 0 saturated heterocycles. The molecule has 0 fully saturated rings. The lowest BCUT2D eigenvalue weighted by atomic mass is 10.2. The highest BCUT2D eigenvalue weighted by Crippen LogP contribution is 2.11. The van der Waals surface area contributed by atoms with Crippen LogP contribution in [0.5, 0.6) is 5.75 Å². The van der Waals surface area contributed by atoms with Gasteiger partial charge in [0.15, 0.2) is 0 Å². The number of rotatable bonds is 3. The summed E-state index contributed by atoms with van der Waals surface area (Å²) >= 11 is 0. The van der Waals surface area contributed by atoms with Gasteiger partial charge in [-0.2, -0.15) is 0 Å². The first-order valence-electron chi connectivity index (χ1n) is 3.78. The highest BCUT2D eigenvalue weighted by atomic mass is 16.5. The average molecular weight is 164 g/mol. The minimum Gasteiger partial charge on any atom is -0.497 e. The van der Waals surface area contributed by atoms with Gasteiger partial charge in [-0.05, 0) is 17.7 Å². The lowest BCUT2D eigenvalue weighted by molar-refractivity contribution is 0.343. The van der Waals surface area contributed by atoms with E-state index in [1.54, 1.807) is 13.2 Å². The summed E-state index contributed by atoms with van der Waals surface area (Å²) in [7, 11) is 1.64. The van der Waals surface area contributed by atoms with Crippen molar-refractivity contribution in [3.8, 4) is 5.75 Å². The summed E-state index contributed by atoms with van der Waals surface area (Å²) in [5.74, 6) is 0.844. The van der Waals surface area contributed by atoms with E-state index >= 15 is 0 Å². The van der Waals surface area contributed by atoms with Gasteiger partial charge in [-0.1, -0.05) is 24.3 Å². The molecule has 0 aliphatic heterocycles. The average Bonchev–Trinajstić information content (AvgIpc) is 2.15. The van der Waals surface area contributed by atoms with E-state index in [-0.39, 0.29) is 6.61 Å². The fourth-order valence-corrected chi connectivity index (χ4v) is 0.904. The Morgan fingerprint density at radius 2 is 2.00 bits per heavy atom. The van der Waals surface area contributed by atoms with Crippen molar-refractivity contribution in [2.24, 2.45) is 0 Å². The van der Waals surface area contributed by atoms with Crippen molar-refractivity contribution in [3.05, 3.63) is 35.9 Å². The van der Waals surface area contributed by atoms with E-state index in [0.717, 1.165) is 11.3 Å². The van der Waals surface area contributed by atoms with E-state index in [9.17, 15) is 0 Å². The molecule has 2 heteroatoms. The predicted molar refractivity (Wildman–Crippen MR) is 49.1 cm³/mol. The summed E-state index contributed by atoms with van der Waals surface area (Å²) in [5, 5.41) is 8.52. The van der Waals surface area contributed by atoms with Crippen molar-refractivity contribution < 1.29 is 9.84 Å². The molecule has 1 aromatic carbocycles. The largest absolute Gasteiger partial charge is 0.497 e. The highest BCUT2D eigenvalue weighted by molar-refractivity contribution is 5.50. The van der Waals surface area contributed by atoms with Crippen LogP contribution >= 0.6 is 0 Å². The number of ether oxygens (including phenoxy) is 1. The Bertz CT molecular complexity index is 249. The van der Waals surface area contributed by atoms with Crippen LogP contribution < -0.4 is 4.74 Å². The minimum absolute atomic E-state index is 0.0754. The Hall–Kier alpha value is -1.28. The first-order valence-corrected chi connectivity index (χ1v) is 3.78. The van der Waals surface area contributed by atoms with Crippen LogP contribution in [0.4, 0.5) is 0 Å². The number of aliphatic hydroxyl groups is 1. The summed E-state index contributed by atoms with van der Waals surface area (Å²) in [6, 6.07) is 7.64. The third-order valence-electron chi connectivity index (χ3n) is 1.53. The van der Waals surface area contributed by atoms with Gasteiger partial charge in [-0.15, -0.1) is 0 Å². The van der Waals surface area contributed by atoms with Crippen molar-refractivity contribution in [2.45, 2.75) is 0 Å². The molecule has 12 heavy (non-hydrogen) atoms. The number of benzene rings is 1. The summed E-state index contributed by atoms with van der Waals surface area (Å²) in [6.07, 6.45) is 3.56. The smallest absolute Gasteiger partial charge is 0.118 e. The van der Waals surface area contributed by atoms with E-state index in [4.69, 9.17) is 9.84 Å². The molecule has 0 radical (unpaired) electrons. The normalized spacial score (nSPS) is 10.5. The third kappa shape index (κ3) is 2.40. The van der Waals surface area contributed by atoms with Crippen LogP contribution in [0.15, 0.2) is 30.3 Å². The molecule has 0 atom stereocenters. The Labute approximate surface area is 72.1 Å². The molecule has 1 N–H and O–H groups in total. The van der Waals surface area contributed by atoms with Crippen molar-refractivity contribution in [1.82, 2.24) is 0 Å². The van der Waals surface area contributed by atoms with Crippen molar-refractivity contribution in [2.75, 3.05) is 13.7 Å². The minimum atomic E-state index is 0.0754. The quantitative estimate of drug-likeness (QED) is 0.736. The fraction of sp³-hybridized carbons (Fsp3) is 0.200. The zero-order chi connectivity index (χ0) is 8.81. The molecule has 0 saturated carbocycles. The van der Waals surface area contributed by atoms with Gasteiger partial charge in [-0.25, -0.2) is 0 Å². The molecule has 0 aliphatic carbocycles. The van der Waals surface area contributed by atoms with Gasteiger partial charge in [-0.3, -0.25) is 0 Å². The Morgan fingerprint density at radius 1 is 1.33 bits per heavy atom. The van der Waals surface area contributed by atoms with E-state index in [0.29, 0.717) is 0 Å².